The van der Waals surface area contributed by atoms with Crippen LogP contribution in [0.5, 0.6) is 5.75 Å². The maximum atomic E-state index is 14.4. The lowest BCUT2D eigenvalue weighted by molar-refractivity contribution is -0.290. The van der Waals surface area contributed by atoms with E-state index in [9.17, 15) is 48.1 Å². The molecule has 2 nitrogen and oxygen atoms in total. The zero-order valence-corrected chi connectivity index (χ0v) is 17.2. The summed E-state index contributed by atoms with van der Waals surface area (Å²) in [7, 11) is -2.69. The summed E-state index contributed by atoms with van der Waals surface area (Å²) in [6, 6.07) is 2.27. The summed E-state index contributed by atoms with van der Waals surface area (Å²) in [6.07, 6.45) is -10.8. The second-order valence-electron chi connectivity index (χ2n) is 6.46. The van der Waals surface area contributed by atoms with Crippen LogP contribution in [-0.2, 0) is 10.8 Å². The maximum Gasteiger partial charge on any atom is 0.456 e. The number of ether oxygens (including phenoxy) is 1. The Bertz CT molecular complexity index is 1030. The first-order chi connectivity index (χ1) is 14.4. The Morgan fingerprint density at radius 1 is 0.906 bits per heavy atom. The van der Waals surface area contributed by atoms with Crippen LogP contribution in [0.25, 0.3) is 11.1 Å². The van der Waals surface area contributed by atoms with Crippen LogP contribution in [0.1, 0.15) is 5.56 Å². The smallest absolute Gasteiger partial charge is 0.456 e. The van der Waals surface area contributed by atoms with Crippen molar-refractivity contribution in [2.45, 2.75) is 30.1 Å². The van der Waals surface area contributed by atoms with Gasteiger partial charge in [-0.2, -0.15) is 35.1 Å². The fraction of sp³-hybridized carbons (Fsp3) is 0.333. The Labute approximate surface area is 181 Å². The van der Waals surface area contributed by atoms with E-state index in [4.69, 9.17) is 11.6 Å². The van der Waals surface area contributed by atoms with E-state index in [1.807, 2.05) is 0 Å². The van der Waals surface area contributed by atoms with E-state index in [2.05, 4.69) is 4.74 Å². The van der Waals surface area contributed by atoms with Crippen LogP contribution in [0.4, 0.5) is 43.9 Å². The lowest BCUT2D eigenvalue weighted by Gasteiger charge is -2.20. The van der Waals surface area contributed by atoms with Gasteiger partial charge >= 0.3 is 18.3 Å². The van der Waals surface area contributed by atoms with Crippen molar-refractivity contribution in [2.24, 2.45) is 0 Å². The Hall–Kier alpha value is -2.02. The van der Waals surface area contributed by atoms with Crippen molar-refractivity contribution >= 4 is 22.4 Å². The summed E-state index contributed by atoms with van der Waals surface area (Å²) in [5, 5.41) is -0.724. The van der Waals surface area contributed by atoms with Gasteiger partial charge in [0.1, 0.15) is 23.1 Å². The van der Waals surface area contributed by atoms with Crippen molar-refractivity contribution in [2.75, 3.05) is 12.4 Å². The Morgan fingerprint density at radius 3 is 1.97 bits per heavy atom. The fourth-order valence-electron chi connectivity index (χ4n) is 2.43. The quantitative estimate of drug-likeness (QED) is 0.393. The summed E-state index contributed by atoms with van der Waals surface area (Å²) in [5.41, 5.74) is -1.66. The molecule has 2 aromatic rings. The van der Waals surface area contributed by atoms with Crippen molar-refractivity contribution in [3.05, 3.63) is 46.5 Å². The van der Waals surface area contributed by atoms with Crippen molar-refractivity contribution < 1.29 is 52.8 Å². The molecule has 0 aliphatic rings. The second-order valence-corrected chi connectivity index (χ2v) is 8.28. The molecule has 1 atom stereocenters. The van der Waals surface area contributed by atoms with Crippen LogP contribution in [0, 0.1) is 18.6 Å². The number of aryl methyl sites for hydroxylation is 1. The lowest BCUT2D eigenvalue weighted by Crippen LogP contribution is -2.41. The number of hydrogen-bond acceptors (Lipinski definition) is 2. The first-order valence-corrected chi connectivity index (χ1v) is 9.94. The molecule has 0 N–H and O–H groups in total. The molecule has 0 radical (unpaired) electrons. The first-order valence-electron chi connectivity index (χ1n) is 8.25. The predicted octanol–water partition coefficient (Wildman–Crippen LogP) is 6.84. The molecule has 0 aromatic heterocycles. The predicted molar refractivity (Wildman–Crippen MR) is 95.4 cm³/mol. The molecule has 0 saturated heterocycles. The molecule has 2 rings (SSSR count). The average Bonchev–Trinajstić information content (AvgIpc) is 2.59. The highest BCUT2D eigenvalue weighted by Crippen LogP contribution is 2.39. The first kappa shape index (κ1) is 26.2. The molecular formula is C18H11ClF10O2S. The number of alkyl halides is 8. The molecule has 0 heterocycles. The summed E-state index contributed by atoms with van der Waals surface area (Å²) in [6.45, 7) is -1.07. The minimum Gasteiger partial charge on any atom is -0.485 e. The van der Waals surface area contributed by atoms with Crippen molar-refractivity contribution in [1.29, 1.82) is 0 Å². The molecular weight excluding hydrogens is 506 g/mol. The second kappa shape index (κ2) is 9.08. The van der Waals surface area contributed by atoms with Gasteiger partial charge in [0.05, 0.1) is 15.8 Å². The molecule has 0 spiro atoms. The molecule has 1 unspecified atom stereocenters. The third-order valence-corrected chi connectivity index (χ3v) is 5.76. The molecule has 0 bridgehead atoms. The Morgan fingerprint density at radius 2 is 1.44 bits per heavy atom. The van der Waals surface area contributed by atoms with Gasteiger partial charge in [0.15, 0.2) is 6.61 Å². The number of benzene rings is 2. The largest absolute Gasteiger partial charge is 0.485 e. The SMILES string of the molecule is Cc1cc(F)c(-c2cc(OCC(F)(F)C(F)(F)F)c(Cl)cc2F)cc1S(=O)CC(F)(F)F. The molecule has 0 aliphatic carbocycles. The molecule has 178 valence electrons. The molecule has 0 saturated carbocycles. The monoisotopic (exact) mass is 516 g/mol. The normalized spacial score (nSPS) is 13.9. The van der Waals surface area contributed by atoms with Gasteiger partial charge in [-0.15, -0.1) is 0 Å². The summed E-state index contributed by atoms with van der Waals surface area (Å²) >= 11 is 5.59. The summed E-state index contributed by atoms with van der Waals surface area (Å²) < 4.78 is 146. The highest BCUT2D eigenvalue weighted by atomic mass is 35.5. The van der Waals surface area contributed by atoms with E-state index in [-0.39, 0.29) is 5.56 Å². The molecule has 14 heteroatoms. The van der Waals surface area contributed by atoms with Gasteiger partial charge in [0.2, 0.25) is 0 Å². The van der Waals surface area contributed by atoms with Gasteiger partial charge in [0.25, 0.3) is 0 Å². The highest BCUT2D eigenvalue weighted by Gasteiger charge is 2.58. The fourth-order valence-corrected chi connectivity index (χ4v) is 3.75. The average molecular weight is 517 g/mol. The number of halogens is 11. The topological polar surface area (TPSA) is 26.3 Å². The number of hydrogen-bond donors (Lipinski definition) is 0. The zero-order valence-electron chi connectivity index (χ0n) is 15.6. The van der Waals surface area contributed by atoms with Crippen LogP contribution in [0.3, 0.4) is 0 Å². The highest BCUT2D eigenvalue weighted by molar-refractivity contribution is 7.85. The van der Waals surface area contributed by atoms with E-state index in [0.29, 0.717) is 24.3 Å². The van der Waals surface area contributed by atoms with E-state index in [0.717, 1.165) is 6.92 Å². The van der Waals surface area contributed by atoms with Crippen LogP contribution in [-0.4, -0.2) is 34.8 Å². The van der Waals surface area contributed by atoms with E-state index < -0.39 is 79.9 Å². The van der Waals surface area contributed by atoms with Gasteiger partial charge in [-0.25, -0.2) is 8.78 Å². The minimum absolute atomic E-state index is 0.149. The van der Waals surface area contributed by atoms with Crippen LogP contribution in [0.15, 0.2) is 29.2 Å². The Kier molecular flexibility index (Phi) is 7.45. The van der Waals surface area contributed by atoms with Crippen molar-refractivity contribution in [3.63, 3.8) is 0 Å². The van der Waals surface area contributed by atoms with E-state index >= 15 is 0 Å². The van der Waals surface area contributed by atoms with Gasteiger partial charge in [-0.1, -0.05) is 11.6 Å². The van der Waals surface area contributed by atoms with Gasteiger partial charge in [0, 0.05) is 16.0 Å². The van der Waals surface area contributed by atoms with Gasteiger partial charge < -0.3 is 4.74 Å². The molecule has 2 aromatic carbocycles. The van der Waals surface area contributed by atoms with Crippen molar-refractivity contribution in [1.82, 2.24) is 0 Å². The van der Waals surface area contributed by atoms with Gasteiger partial charge in [-0.05, 0) is 36.8 Å². The zero-order chi connectivity index (χ0) is 24.6. The maximum absolute atomic E-state index is 14.4. The van der Waals surface area contributed by atoms with E-state index in [1.54, 1.807) is 0 Å². The van der Waals surface area contributed by atoms with Crippen LogP contribution < -0.4 is 4.74 Å². The van der Waals surface area contributed by atoms with Crippen LogP contribution >= 0.6 is 11.6 Å². The summed E-state index contributed by atoms with van der Waals surface area (Å²) in [5.74, 6) is -10.4. The third kappa shape index (κ3) is 6.06. The molecule has 32 heavy (non-hydrogen) atoms. The summed E-state index contributed by atoms with van der Waals surface area (Å²) in [4.78, 5) is -0.487. The van der Waals surface area contributed by atoms with Crippen molar-refractivity contribution in [3.8, 4) is 16.9 Å². The standard InChI is InChI=1S/C18H11ClF10O2S/c1-8-2-12(20)10(4-15(8)32(30)7-17(24,25)26)9-3-14(11(19)5-13(9)21)31-6-16(22,23)18(27,28)29/h2-5H,6-7H2,1H3. The van der Waals surface area contributed by atoms with Gasteiger partial charge in [-0.3, -0.25) is 4.21 Å². The van der Waals surface area contributed by atoms with E-state index in [1.165, 1.54) is 0 Å². The lowest BCUT2D eigenvalue weighted by atomic mass is 10.0. The number of rotatable bonds is 6. The minimum atomic E-state index is -5.96. The van der Waals surface area contributed by atoms with Crippen LogP contribution in [0.2, 0.25) is 5.02 Å². The molecule has 0 fully saturated rings. The molecule has 0 aliphatic heterocycles. The third-order valence-electron chi connectivity index (χ3n) is 3.94. The Balaban J connectivity index is 2.50. The molecule has 0 amide bonds.